The van der Waals surface area contributed by atoms with Crippen LogP contribution in [0.2, 0.25) is 5.02 Å². The van der Waals surface area contributed by atoms with E-state index in [9.17, 15) is 19.6 Å². The number of nitrogens with one attached hydrogen (secondary N) is 2. The normalized spacial score (nSPS) is 18.1. The molecule has 8 nitrogen and oxygen atoms in total. The number of thioether (sulfide) groups is 1. The molecule has 10 heteroatoms. The number of esters is 1. The number of carbonyl (C=O) groups excluding carboxylic acids is 3. The molecule has 0 spiro atoms. The lowest BCUT2D eigenvalue weighted by Crippen LogP contribution is -2.44. The Balaban J connectivity index is 2.44. The Morgan fingerprint density at radius 3 is 2.66 bits per heavy atom. The summed E-state index contributed by atoms with van der Waals surface area (Å²) < 4.78 is 10.3. The van der Waals surface area contributed by atoms with Crippen molar-refractivity contribution in [1.82, 2.24) is 10.6 Å². The molecule has 1 aromatic carbocycles. The van der Waals surface area contributed by atoms with Crippen LogP contribution in [-0.2, 0) is 19.1 Å². The molecule has 2 N–H and O–H groups in total. The molecule has 0 fully saturated rings. The van der Waals surface area contributed by atoms with Crippen LogP contribution in [0.25, 0.3) is 0 Å². The van der Waals surface area contributed by atoms with Gasteiger partial charge >= 0.3 is 5.97 Å². The van der Waals surface area contributed by atoms with Gasteiger partial charge < -0.3 is 20.1 Å². The molecule has 0 unspecified atom stereocenters. The molecule has 1 aliphatic rings. The van der Waals surface area contributed by atoms with Gasteiger partial charge in [0.05, 0.1) is 41.2 Å². The van der Waals surface area contributed by atoms with Crippen LogP contribution in [0.4, 0.5) is 0 Å². The van der Waals surface area contributed by atoms with Crippen LogP contribution in [0.3, 0.4) is 0 Å². The fourth-order valence-corrected chi connectivity index (χ4v) is 4.29. The fraction of sp³-hybridized carbons (Fsp3) is 0.455. The summed E-state index contributed by atoms with van der Waals surface area (Å²) in [5.41, 5.74) is 0.643. The Bertz CT molecular complexity index is 957. The zero-order valence-electron chi connectivity index (χ0n) is 18.4. The molecule has 0 radical (unpaired) electrons. The summed E-state index contributed by atoms with van der Waals surface area (Å²) in [5.74, 6) is -3.06. The maximum Gasteiger partial charge on any atom is 0.319 e. The predicted octanol–water partition coefficient (Wildman–Crippen LogP) is 2.98. The van der Waals surface area contributed by atoms with Crippen molar-refractivity contribution in [3.8, 4) is 11.8 Å². The number of allylic oxidation sites excluding steroid dienone is 1. The maximum atomic E-state index is 12.8. The highest BCUT2D eigenvalue weighted by atomic mass is 35.5. The third-order valence-electron chi connectivity index (χ3n) is 4.65. The highest BCUT2D eigenvalue weighted by molar-refractivity contribution is 8.03. The molecule has 0 bridgehead atoms. The van der Waals surface area contributed by atoms with E-state index >= 15 is 0 Å². The topological polar surface area (TPSA) is 118 Å². The summed E-state index contributed by atoms with van der Waals surface area (Å²) in [6, 6.07) is 6.95. The highest BCUT2D eigenvalue weighted by Crippen LogP contribution is 2.42. The first kappa shape index (κ1) is 25.6. The van der Waals surface area contributed by atoms with Gasteiger partial charge in [-0.2, -0.15) is 5.26 Å². The molecule has 1 heterocycles. The van der Waals surface area contributed by atoms with Gasteiger partial charge in [0.1, 0.15) is 11.7 Å². The van der Waals surface area contributed by atoms with Crippen LogP contribution >= 0.6 is 23.4 Å². The van der Waals surface area contributed by atoms with Crippen molar-refractivity contribution in [2.75, 3.05) is 26.0 Å². The van der Waals surface area contributed by atoms with E-state index in [1.54, 1.807) is 18.2 Å². The molecule has 2 amide bonds. The second kappa shape index (κ2) is 11.8. The van der Waals surface area contributed by atoms with Crippen LogP contribution in [0, 0.1) is 23.2 Å². The molecule has 0 saturated carbocycles. The highest BCUT2D eigenvalue weighted by Gasteiger charge is 2.44. The van der Waals surface area contributed by atoms with Crippen LogP contribution in [0.1, 0.15) is 32.3 Å². The number of amides is 2. The van der Waals surface area contributed by atoms with Gasteiger partial charge in [-0.3, -0.25) is 14.4 Å². The monoisotopic (exact) mass is 479 g/mol. The molecule has 2 rings (SSSR count). The lowest BCUT2D eigenvalue weighted by Gasteiger charge is -2.31. The Morgan fingerprint density at radius 2 is 2.09 bits per heavy atom. The van der Waals surface area contributed by atoms with E-state index in [1.807, 2.05) is 20.8 Å². The molecule has 0 aliphatic carbocycles. The summed E-state index contributed by atoms with van der Waals surface area (Å²) in [6.45, 7) is 6.71. The SMILES string of the molecule is CCOc1ccc([C@H]2C(C#N)=C(SCC(=O)NCC(C)C)NC(=O)[C@@H]2C(=O)OC)cc1Cl. The molecular formula is C22H26ClN3O5S. The van der Waals surface area contributed by atoms with Gasteiger partial charge in [0, 0.05) is 12.5 Å². The van der Waals surface area contributed by atoms with Crippen LogP contribution in [-0.4, -0.2) is 43.8 Å². The van der Waals surface area contributed by atoms with Crippen molar-refractivity contribution in [3.05, 3.63) is 39.4 Å². The standard InChI is InChI=1S/C22H26ClN3O5S/c1-5-31-16-7-6-13(8-15(16)23)18-14(9-24)21(26-20(28)19(18)22(29)30-4)32-11-17(27)25-10-12(2)3/h6-8,12,18-19H,5,10-11H2,1-4H3,(H,25,27)(H,26,28)/t18-,19+/m0/s1. The Morgan fingerprint density at radius 1 is 1.38 bits per heavy atom. The fourth-order valence-electron chi connectivity index (χ4n) is 3.17. The zero-order chi connectivity index (χ0) is 23.8. The van der Waals surface area contributed by atoms with Crippen molar-refractivity contribution in [2.45, 2.75) is 26.7 Å². The summed E-state index contributed by atoms with van der Waals surface area (Å²) >= 11 is 7.35. The number of halogens is 1. The lowest BCUT2D eigenvalue weighted by atomic mass is 9.78. The summed E-state index contributed by atoms with van der Waals surface area (Å²) in [4.78, 5) is 37.4. The molecule has 172 valence electrons. The molecule has 0 aromatic heterocycles. The number of hydrogen-bond acceptors (Lipinski definition) is 7. The van der Waals surface area contributed by atoms with Crippen molar-refractivity contribution in [1.29, 1.82) is 5.26 Å². The van der Waals surface area contributed by atoms with Crippen molar-refractivity contribution in [2.24, 2.45) is 11.8 Å². The van der Waals surface area contributed by atoms with E-state index in [0.717, 1.165) is 11.8 Å². The van der Waals surface area contributed by atoms with Crippen LogP contribution in [0.15, 0.2) is 28.8 Å². The first-order chi connectivity index (χ1) is 15.2. The van der Waals surface area contributed by atoms with Crippen molar-refractivity contribution < 1.29 is 23.9 Å². The molecule has 0 saturated heterocycles. The van der Waals surface area contributed by atoms with E-state index in [0.29, 0.717) is 35.4 Å². The van der Waals surface area contributed by atoms with E-state index in [-0.39, 0.29) is 22.3 Å². The van der Waals surface area contributed by atoms with E-state index in [4.69, 9.17) is 21.1 Å². The Labute approximate surface area is 196 Å². The molecule has 32 heavy (non-hydrogen) atoms. The quantitative estimate of drug-likeness (QED) is 0.413. The Kier molecular flexibility index (Phi) is 9.42. The predicted molar refractivity (Wildman–Crippen MR) is 122 cm³/mol. The molecular weight excluding hydrogens is 454 g/mol. The van der Waals surface area contributed by atoms with E-state index in [1.165, 1.54) is 7.11 Å². The number of nitriles is 1. The number of nitrogens with zero attached hydrogens (tertiary/aromatic N) is 1. The largest absolute Gasteiger partial charge is 0.492 e. The second-order valence-corrected chi connectivity index (χ2v) is 8.82. The first-order valence-electron chi connectivity index (χ1n) is 10.1. The first-order valence-corrected chi connectivity index (χ1v) is 11.4. The van der Waals surface area contributed by atoms with Gasteiger partial charge in [0.2, 0.25) is 11.8 Å². The van der Waals surface area contributed by atoms with Gasteiger partial charge in [-0.05, 0) is 30.5 Å². The average molecular weight is 480 g/mol. The van der Waals surface area contributed by atoms with Crippen molar-refractivity contribution in [3.63, 3.8) is 0 Å². The number of rotatable bonds is 9. The number of methoxy groups -OCH3 is 1. The third kappa shape index (κ3) is 6.17. The minimum atomic E-state index is -1.28. The molecule has 2 atom stereocenters. The lowest BCUT2D eigenvalue weighted by molar-refractivity contribution is -0.150. The number of ether oxygens (including phenoxy) is 2. The van der Waals surface area contributed by atoms with Crippen LogP contribution in [0.5, 0.6) is 5.75 Å². The van der Waals surface area contributed by atoms with Gasteiger partial charge in [-0.1, -0.05) is 43.3 Å². The second-order valence-electron chi connectivity index (χ2n) is 7.43. The van der Waals surface area contributed by atoms with Gasteiger partial charge in [-0.25, -0.2) is 0 Å². The van der Waals surface area contributed by atoms with Gasteiger partial charge in [-0.15, -0.1) is 0 Å². The summed E-state index contributed by atoms with van der Waals surface area (Å²) in [7, 11) is 1.18. The third-order valence-corrected chi connectivity index (χ3v) is 5.97. The summed E-state index contributed by atoms with van der Waals surface area (Å²) in [5, 5.41) is 15.8. The average Bonchev–Trinajstić information content (AvgIpc) is 2.76. The van der Waals surface area contributed by atoms with Crippen molar-refractivity contribution >= 4 is 41.1 Å². The van der Waals surface area contributed by atoms with E-state index in [2.05, 4.69) is 16.7 Å². The summed E-state index contributed by atoms with van der Waals surface area (Å²) in [6.07, 6.45) is 0. The van der Waals surface area contributed by atoms with Crippen LogP contribution < -0.4 is 15.4 Å². The molecule has 1 aromatic rings. The maximum absolute atomic E-state index is 12.8. The minimum Gasteiger partial charge on any atom is -0.492 e. The van der Waals surface area contributed by atoms with E-state index < -0.39 is 23.7 Å². The smallest absolute Gasteiger partial charge is 0.319 e. The number of hydrogen-bond donors (Lipinski definition) is 2. The molecule has 1 aliphatic heterocycles. The number of benzene rings is 1. The minimum absolute atomic E-state index is 0.00710. The van der Waals surface area contributed by atoms with Gasteiger partial charge in [0.15, 0.2) is 0 Å². The van der Waals surface area contributed by atoms with Gasteiger partial charge in [0.25, 0.3) is 0 Å². The Hall–Kier alpha value is -2.70. The zero-order valence-corrected chi connectivity index (χ0v) is 19.9. The number of carbonyl (C=O) groups is 3.